The summed E-state index contributed by atoms with van der Waals surface area (Å²) in [5, 5.41) is 9.36. The molecule has 26 heavy (non-hydrogen) atoms. The van der Waals surface area contributed by atoms with Gasteiger partial charge in [-0.05, 0) is 43.3 Å². The molecule has 0 saturated heterocycles. The maximum atomic E-state index is 13.4. The lowest BCUT2D eigenvalue weighted by atomic mass is 10.2. The number of hydrogen-bond acceptors (Lipinski definition) is 3. The Morgan fingerprint density at radius 2 is 1.88 bits per heavy atom. The largest absolute Gasteiger partial charge is 0.327 e. The number of rotatable bonds is 3. The van der Waals surface area contributed by atoms with Gasteiger partial charge in [0.1, 0.15) is 11.6 Å². The molecule has 0 spiro atoms. The van der Waals surface area contributed by atoms with Crippen molar-refractivity contribution in [2.75, 3.05) is 5.32 Å². The fraction of sp³-hybridized carbons (Fsp3) is 0.0556. The van der Waals surface area contributed by atoms with Gasteiger partial charge in [-0.3, -0.25) is 15.4 Å². The number of nitrogens with zero attached hydrogens (tertiary/aromatic N) is 2. The van der Waals surface area contributed by atoms with Gasteiger partial charge >= 0.3 is 6.03 Å². The minimum atomic E-state index is -0.743. The van der Waals surface area contributed by atoms with Crippen LogP contribution in [0.5, 0.6) is 0 Å². The Morgan fingerprint density at radius 3 is 2.62 bits per heavy atom. The van der Waals surface area contributed by atoms with Crippen LogP contribution in [-0.4, -0.2) is 21.7 Å². The fourth-order valence-electron chi connectivity index (χ4n) is 2.35. The highest BCUT2D eigenvalue weighted by atomic mass is 35.5. The van der Waals surface area contributed by atoms with Crippen molar-refractivity contribution >= 4 is 29.4 Å². The molecule has 0 fully saturated rings. The molecule has 0 unspecified atom stereocenters. The second-order valence-electron chi connectivity index (χ2n) is 5.48. The number of imide groups is 1. The highest BCUT2D eigenvalue weighted by Gasteiger charge is 2.14. The fourth-order valence-corrected chi connectivity index (χ4v) is 2.54. The van der Waals surface area contributed by atoms with Crippen molar-refractivity contribution in [1.82, 2.24) is 15.1 Å². The molecular weight excluding hydrogens is 359 g/mol. The van der Waals surface area contributed by atoms with Crippen LogP contribution in [0, 0.1) is 12.7 Å². The lowest BCUT2D eigenvalue weighted by Crippen LogP contribution is -2.34. The van der Waals surface area contributed by atoms with Gasteiger partial charge in [0.25, 0.3) is 5.91 Å². The van der Waals surface area contributed by atoms with Crippen LogP contribution in [0.15, 0.2) is 54.6 Å². The van der Waals surface area contributed by atoms with Crippen molar-refractivity contribution in [2.45, 2.75) is 6.92 Å². The number of hydrogen-bond donors (Lipinski definition) is 2. The maximum absolute atomic E-state index is 13.4. The second-order valence-corrected chi connectivity index (χ2v) is 5.92. The Labute approximate surface area is 153 Å². The zero-order chi connectivity index (χ0) is 18.7. The van der Waals surface area contributed by atoms with E-state index in [9.17, 15) is 14.0 Å². The summed E-state index contributed by atoms with van der Waals surface area (Å²) < 4.78 is 14.8. The smallest absolute Gasteiger partial charge is 0.292 e. The van der Waals surface area contributed by atoms with Crippen LogP contribution in [0.3, 0.4) is 0 Å². The van der Waals surface area contributed by atoms with Crippen LogP contribution >= 0.6 is 11.6 Å². The average molecular weight is 373 g/mol. The van der Waals surface area contributed by atoms with Crippen molar-refractivity contribution in [3.05, 3.63) is 76.7 Å². The summed E-state index contributed by atoms with van der Waals surface area (Å²) in [4.78, 5) is 24.2. The van der Waals surface area contributed by atoms with Gasteiger partial charge in [0, 0.05) is 16.7 Å². The molecule has 1 heterocycles. The van der Waals surface area contributed by atoms with Gasteiger partial charge in [-0.1, -0.05) is 23.7 Å². The van der Waals surface area contributed by atoms with Gasteiger partial charge in [-0.25, -0.2) is 13.9 Å². The third-order valence-corrected chi connectivity index (χ3v) is 3.67. The Hall–Kier alpha value is -3.19. The van der Waals surface area contributed by atoms with E-state index in [1.807, 2.05) is 0 Å². The van der Waals surface area contributed by atoms with Crippen LogP contribution in [0.2, 0.25) is 5.02 Å². The molecule has 3 amide bonds. The van der Waals surface area contributed by atoms with Crippen LogP contribution in [-0.2, 0) is 0 Å². The summed E-state index contributed by atoms with van der Waals surface area (Å²) in [6, 6.07) is 12.9. The molecule has 2 aromatic carbocycles. The summed E-state index contributed by atoms with van der Waals surface area (Å²) in [6.45, 7) is 1.73. The minimum absolute atomic E-state index is 0.252. The van der Waals surface area contributed by atoms with Gasteiger partial charge in [0.05, 0.1) is 11.4 Å². The molecule has 3 aromatic rings. The third-order valence-electron chi connectivity index (χ3n) is 3.44. The number of aromatic nitrogens is 2. The van der Waals surface area contributed by atoms with Gasteiger partial charge in [0.2, 0.25) is 0 Å². The van der Waals surface area contributed by atoms with Crippen molar-refractivity contribution in [3.63, 3.8) is 0 Å². The van der Waals surface area contributed by atoms with E-state index in [-0.39, 0.29) is 5.56 Å². The number of anilines is 1. The molecule has 0 aliphatic rings. The highest BCUT2D eigenvalue weighted by molar-refractivity contribution is 6.31. The number of carbonyl (C=O) groups excluding carboxylic acids is 2. The summed E-state index contributed by atoms with van der Waals surface area (Å²) >= 11 is 5.84. The zero-order valence-corrected chi connectivity index (χ0v) is 14.4. The first-order valence-corrected chi connectivity index (χ1v) is 8.01. The van der Waals surface area contributed by atoms with Gasteiger partial charge in [0.15, 0.2) is 0 Å². The van der Waals surface area contributed by atoms with E-state index in [4.69, 9.17) is 11.6 Å². The Bertz CT molecular complexity index is 987. The Balaban J connectivity index is 1.77. The van der Waals surface area contributed by atoms with Crippen LogP contribution < -0.4 is 10.6 Å². The summed E-state index contributed by atoms with van der Waals surface area (Å²) in [7, 11) is 0. The predicted octanol–water partition coefficient (Wildman–Crippen LogP) is 3.94. The summed E-state index contributed by atoms with van der Waals surface area (Å²) in [5.74, 6) is -0.731. The van der Waals surface area contributed by atoms with Crippen LogP contribution in [0.25, 0.3) is 5.69 Å². The SMILES string of the molecule is Cc1cc(NC(=O)NC(=O)c2cccc(Cl)c2)n(-c2cccc(F)c2)n1. The molecule has 0 atom stereocenters. The van der Waals surface area contributed by atoms with Crippen molar-refractivity contribution in [2.24, 2.45) is 0 Å². The van der Waals surface area contributed by atoms with Gasteiger partial charge < -0.3 is 0 Å². The summed E-state index contributed by atoms with van der Waals surface area (Å²) in [6.07, 6.45) is 0. The van der Waals surface area contributed by atoms with Crippen molar-refractivity contribution in [3.8, 4) is 5.69 Å². The first kappa shape index (κ1) is 17.6. The number of amides is 3. The molecule has 0 saturated carbocycles. The number of aryl methyl sites for hydroxylation is 1. The predicted molar refractivity (Wildman–Crippen MR) is 96.2 cm³/mol. The first-order valence-electron chi connectivity index (χ1n) is 7.63. The van der Waals surface area contributed by atoms with Gasteiger partial charge in [-0.15, -0.1) is 0 Å². The average Bonchev–Trinajstić information content (AvgIpc) is 2.95. The van der Waals surface area contributed by atoms with Crippen molar-refractivity contribution in [1.29, 1.82) is 0 Å². The molecule has 0 bridgehead atoms. The monoisotopic (exact) mass is 372 g/mol. The van der Waals surface area contributed by atoms with Gasteiger partial charge in [-0.2, -0.15) is 5.10 Å². The van der Waals surface area contributed by atoms with E-state index in [0.29, 0.717) is 22.2 Å². The topological polar surface area (TPSA) is 76.0 Å². The first-order chi connectivity index (χ1) is 12.4. The van der Waals surface area contributed by atoms with E-state index in [1.165, 1.54) is 35.0 Å². The van der Waals surface area contributed by atoms with E-state index in [0.717, 1.165) is 0 Å². The molecule has 8 heteroatoms. The van der Waals surface area contributed by atoms with E-state index >= 15 is 0 Å². The molecule has 0 aliphatic carbocycles. The molecule has 132 valence electrons. The Morgan fingerprint density at radius 1 is 1.12 bits per heavy atom. The highest BCUT2D eigenvalue weighted by Crippen LogP contribution is 2.18. The van der Waals surface area contributed by atoms with E-state index in [1.54, 1.807) is 31.2 Å². The number of benzene rings is 2. The van der Waals surface area contributed by atoms with E-state index < -0.39 is 17.8 Å². The Kier molecular flexibility index (Phi) is 4.99. The summed E-state index contributed by atoms with van der Waals surface area (Å²) in [5.41, 5.74) is 1.31. The quantitative estimate of drug-likeness (QED) is 0.731. The lowest BCUT2D eigenvalue weighted by molar-refractivity contribution is 0.0967. The van der Waals surface area contributed by atoms with E-state index in [2.05, 4.69) is 15.7 Å². The molecule has 0 radical (unpaired) electrons. The number of halogens is 2. The minimum Gasteiger partial charge on any atom is -0.292 e. The number of urea groups is 1. The third kappa shape index (κ3) is 4.07. The molecule has 3 rings (SSSR count). The number of nitrogens with one attached hydrogen (secondary N) is 2. The van der Waals surface area contributed by atoms with Crippen LogP contribution in [0.4, 0.5) is 15.0 Å². The molecule has 0 aliphatic heterocycles. The van der Waals surface area contributed by atoms with Crippen LogP contribution in [0.1, 0.15) is 16.1 Å². The number of carbonyl (C=O) groups is 2. The zero-order valence-electron chi connectivity index (χ0n) is 13.7. The molecule has 2 N–H and O–H groups in total. The van der Waals surface area contributed by atoms with Crippen molar-refractivity contribution < 1.29 is 14.0 Å². The standard InChI is InChI=1S/C18H14ClFN4O2/c1-11-8-16(24(23-11)15-7-3-6-14(20)10-15)21-18(26)22-17(25)12-4-2-5-13(19)9-12/h2-10H,1H3,(H2,21,22,25,26). The molecule has 1 aromatic heterocycles. The molecule has 6 nitrogen and oxygen atoms in total. The second kappa shape index (κ2) is 7.37. The maximum Gasteiger partial charge on any atom is 0.327 e. The molecular formula is C18H14ClFN4O2. The normalized spacial score (nSPS) is 10.4. The lowest BCUT2D eigenvalue weighted by Gasteiger charge is -2.10.